The topological polar surface area (TPSA) is 43.4 Å². The summed E-state index contributed by atoms with van der Waals surface area (Å²) >= 11 is 0. The molecule has 3 nitrogen and oxygen atoms in total. The first-order valence-electron chi connectivity index (χ1n) is 8.33. The lowest BCUT2D eigenvalue weighted by atomic mass is 9.98. The molecule has 0 radical (unpaired) electrons. The zero-order chi connectivity index (χ0) is 18.6. The Kier molecular flexibility index (Phi) is 5.24. The van der Waals surface area contributed by atoms with E-state index in [-0.39, 0.29) is 10.6 Å². The highest BCUT2D eigenvalue weighted by Gasteiger charge is 2.16. The summed E-state index contributed by atoms with van der Waals surface area (Å²) in [7, 11) is -3.84. The summed E-state index contributed by atoms with van der Waals surface area (Å²) in [5, 5.41) is 0. The predicted molar refractivity (Wildman–Crippen MR) is 105 cm³/mol. The van der Waals surface area contributed by atoms with Gasteiger partial charge in [-0.25, -0.2) is 0 Å². The smallest absolute Gasteiger partial charge is 0.339 e. The molecule has 0 aliphatic rings. The highest BCUT2D eigenvalue weighted by atomic mass is 32.2. The largest absolute Gasteiger partial charge is 0.379 e. The summed E-state index contributed by atoms with van der Waals surface area (Å²) in [5.74, 6) is 0.290. The van der Waals surface area contributed by atoms with E-state index in [1.54, 1.807) is 36.4 Å². The first-order chi connectivity index (χ1) is 12.5. The second kappa shape index (κ2) is 7.58. The van der Waals surface area contributed by atoms with Crippen LogP contribution in [-0.4, -0.2) is 8.42 Å². The first kappa shape index (κ1) is 18.0. The van der Waals surface area contributed by atoms with Gasteiger partial charge in [0.1, 0.15) is 10.6 Å². The van der Waals surface area contributed by atoms with E-state index in [4.69, 9.17) is 4.18 Å². The Bertz CT molecular complexity index is 1000. The van der Waals surface area contributed by atoms with Crippen molar-refractivity contribution in [1.82, 2.24) is 0 Å². The van der Waals surface area contributed by atoms with Crippen LogP contribution in [0.3, 0.4) is 0 Å². The second-order valence-electron chi connectivity index (χ2n) is 5.94. The lowest BCUT2D eigenvalue weighted by Crippen LogP contribution is -2.09. The van der Waals surface area contributed by atoms with E-state index in [0.29, 0.717) is 0 Å². The SMILES string of the molecule is C/C=C(\c1ccccc1)c1ccc(OS(=O)(=O)c2ccc(C)cc2)cc1. The van der Waals surface area contributed by atoms with Crippen LogP contribution in [0.1, 0.15) is 23.6 Å². The maximum Gasteiger partial charge on any atom is 0.339 e. The fraction of sp³-hybridized carbons (Fsp3) is 0.0909. The van der Waals surface area contributed by atoms with E-state index in [1.165, 1.54) is 0 Å². The Morgan fingerprint density at radius 1 is 0.808 bits per heavy atom. The maximum absolute atomic E-state index is 12.4. The minimum Gasteiger partial charge on any atom is -0.379 e. The van der Waals surface area contributed by atoms with Crippen LogP contribution < -0.4 is 4.18 Å². The Labute approximate surface area is 154 Å². The van der Waals surface area contributed by atoms with Gasteiger partial charge in [-0.05, 0) is 54.8 Å². The lowest BCUT2D eigenvalue weighted by Gasteiger charge is -2.10. The summed E-state index contributed by atoms with van der Waals surface area (Å²) in [6.45, 7) is 3.89. The number of aryl methyl sites for hydroxylation is 1. The van der Waals surface area contributed by atoms with Gasteiger partial charge < -0.3 is 4.18 Å². The predicted octanol–water partition coefficient (Wildman–Crippen LogP) is 5.21. The van der Waals surface area contributed by atoms with Crippen LogP contribution in [-0.2, 0) is 10.1 Å². The van der Waals surface area contributed by atoms with Gasteiger partial charge in [-0.3, -0.25) is 0 Å². The molecule has 0 aliphatic heterocycles. The van der Waals surface area contributed by atoms with Gasteiger partial charge in [0, 0.05) is 0 Å². The molecule has 3 aromatic rings. The fourth-order valence-electron chi connectivity index (χ4n) is 2.69. The van der Waals surface area contributed by atoms with E-state index in [2.05, 4.69) is 0 Å². The van der Waals surface area contributed by atoms with Gasteiger partial charge in [-0.15, -0.1) is 0 Å². The van der Waals surface area contributed by atoms with E-state index in [1.807, 2.05) is 62.4 Å². The zero-order valence-electron chi connectivity index (χ0n) is 14.7. The molecule has 0 amide bonds. The monoisotopic (exact) mass is 364 g/mol. The molecule has 3 aromatic carbocycles. The molecule has 0 heterocycles. The molecule has 0 bridgehead atoms. The molecule has 0 aromatic heterocycles. The van der Waals surface area contributed by atoms with Crippen LogP contribution in [0, 0.1) is 6.92 Å². The van der Waals surface area contributed by atoms with E-state index in [9.17, 15) is 8.42 Å². The molecule has 0 fully saturated rings. The first-order valence-corrected chi connectivity index (χ1v) is 9.74. The lowest BCUT2D eigenvalue weighted by molar-refractivity contribution is 0.486. The van der Waals surface area contributed by atoms with E-state index >= 15 is 0 Å². The fourth-order valence-corrected chi connectivity index (χ4v) is 3.62. The summed E-state index contributed by atoms with van der Waals surface area (Å²) in [6, 6.07) is 23.7. The number of rotatable bonds is 5. The Balaban J connectivity index is 1.82. The Morgan fingerprint density at radius 3 is 1.96 bits per heavy atom. The summed E-state index contributed by atoms with van der Waals surface area (Å²) in [4.78, 5) is 0.144. The van der Waals surface area contributed by atoms with Crippen LogP contribution in [0.5, 0.6) is 5.75 Å². The minimum absolute atomic E-state index is 0.144. The van der Waals surface area contributed by atoms with Crippen molar-refractivity contribution in [2.45, 2.75) is 18.7 Å². The molecular formula is C22H20O3S. The van der Waals surface area contributed by atoms with Gasteiger partial charge in [0.15, 0.2) is 0 Å². The van der Waals surface area contributed by atoms with Crippen molar-refractivity contribution in [1.29, 1.82) is 0 Å². The number of hydrogen-bond donors (Lipinski definition) is 0. The normalized spacial score (nSPS) is 12.0. The average Bonchev–Trinajstić information content (AvgIpc) is 2.65. The van der Waals surface area contributed by atoms with Crippen LogP contribution in [0.25, 0.3) is 5.57 Å². The Hall–Kier alpha value is -2.85. The van der Waals surface area contributed by atoms with Crippen molar-refractivity contribution in [3.8, 4) is 5.75 Å². The zero-order valence-corrected chi connectivity index (χ0v) is 15.5. The van der Waals surface area contributed by atoms with E-state index in [0.717, 1.165) is 22.3 Å². The summed E-state index contributed by atoms with van der Waals surface area (Å²) in [5.41, 5.74) is 4.18. The third kappa shape index (κ3) is 4.03. The standard InChI is InChI=1S/C22H20O3S/c1-3-22(18-7-5-4-6-8-18)19-11-13-20(14-12-19)25-26(23,24)21-15-9-17(2)10-16-21/h3-16H,1-2H3/b22-3+. The molecule has 132 valence electrons. The average molecular weight is 364 g/mol. The van der Waals surface area contributed by atoms with Crippen LogP contribution >= 0.6 is 0 Å². The minimum atomic E-state index is -3.84. The van der Waals surface area contributed by atoms with Gasteiger partial charge in [-0.2, -0.15) is 8.42 Å². The molecular weight excluding hydrogens is 344 g/mol. The summed E-state index contributed by atoms with van der Waals surface area (Å²) < 4.78 is 30.0. The van der Waals surface area contributed by atoms with Crippen LogP contribution in [0.15, 0.2) is 89.8 Å². The number of allylic oxidation sites excluding steroid dienone is 1. The van der Waals surface area contributed by atoms with Gasteiger partial charge >= 0.3 is 10.1 Å². The number of benzene rings is 3. The molecule has 0 aliphatic carbocycles. The molecule has 0 atom stereocenters. The second-order valence-corrected chi connectivity index (χ2v) is 7.49. The van der Waals surface area contributed by atoms with Gasteiger partial charge in [0.2, 0.25) is 0 Å². The quantitative estimate of drug-likeness (QED) is 0.583. The van der Waals surface area contributed by atoms with Crippen molar-refractivity contribution in [3.63, 3.8) is 0 Å². The molecule has 0 unspecified atom stereocenters. The molecule has 26 heavy (non-hydrogen) atoms. The van der Waals surface area contributed by atoms with Crippen molar-refractivity contribution < 1.29 is 12.6 Å². The summed E-state index contributed by atoms with van der Waals surface area (Å²) in [6.07, 6.45) is 2.04. The van der Waals surface area contributed by atoms with Gasteiger partial charge in [0.05, 0.1) is 0 Å². The third-order valence-corrected chi connectivity index (χ3v) is 5.32. The van der Waals surface area contributed by atoms with Crippen molar-refractivity contribution in [2.75, 3.05) is 0 Å². The van der Waals surface area contributed by atoms with Gasteiger partial charge in [0.25, 0.3) is 0 Å². The molecule has 3 rings (SSSR count). The molecule has 0 saturated carbocycles. The Morgan fingerprint density at radius 2 is 1.38 bits per heavy atom. The van der Waals surface area contributed by atoms with Crippen molar-refractivity contribution in [3.05, 3.63) is 102 Å². The maximum atomic E-state index is 12.4. The molecule has 0 saturated heterocycles. The molecule has 0 spiro atoms. The molecule has 4 heteroatoms. The van der Waals surface area contributed by atoms with Crippen LogP contribution in [0.4, 0.5) is 0 Å². The molecule has 0 N–H and O–H groups in total. The highest BCUT2D eigenvalue weighted by Crippen LogP contribution is 2.26. The van der Waals surface area contributed by atoms with Gasteiger partial charge in [-0.1, -0.05) is 66.2 Å². The highest BCUT2D eigenvalue weighted by molar-refractivity contribution is 7.87. The van der Waals surface area contributed by atoms with E-state index < -0.39 is 10.1 Å². The third-order valence-electron chi connectivity index (χ3n) is 4.05. The number of hydrogen-bond acceptors (Lipinski definition) is 3. The van der Waals surface area contributed by atoms with Crippen LogP contribution in [0.2, 0.25) is 0 Å². The van der Waals surface area contributed by atoms with Crippen molar-refractivity contribution in [2.24, 2.45) is 0 Å². The van der Waals surface area contributed by atoms with Crippen molar-refractivity contribution >= 4 is 15.7 Å².